The lowest BCUT2D eigenvalue weighted by atomic mass is 10.0. The second-order valence-corrected chi connectivity index (χ2v) is 6.60. The van der Waals surface area contributed by atoms with Gasteiger partial charge >= 0.3 is 0 Å². The van der Waals surface area contributed by atoms with Crippen molar-refractivity contribution >= 4 is 17.4 Å². The Hall–Kier alpha value is -3.35. The summed E-state index contributed by atoms with van der Waals surface area (Å²) in [6, 6.07) is 14.4. The Bertz CT molecular complexity index is 1010. The third-order valence-electron chi connectivity index (χ3n) is 4.83. The number of rotatable bonds is 4. The quantitative estimate of drug-likeness (QED) is 0.668. The van der Waals surface area contributed by atoms with Gasteiger partial charge in [-0.2, -0.15) is 4.80 Å². The van der Waals surface area contributed by atoms with Crippen LogP contribution in [0.5, 0.6) is 0 Å². The molecule has 7 heteroatoms. The van der Waals surface area contributed by atoms with Crippen LogP contribution in [-0.4, -0.2) is 38.4 Å². The van der Waals surface area contributed by atoms with Crippen molar-refractivity contribution < 1.29 is 9.59 Å². The molecule has 27 heavy (non-hydrogen) atoms. The van der Waals surface area contributed by atoms with E-state index < -0.39 is 6.04 Å². The number of fused-ring (bicyclic) bond motifs is 1. The summed E-state index contributed by atoms with van der Waals surface area (Å²) < 4.78 is 0. The monoisotopic (exact) mass is 361 g/mol. The van der Waals surface area contributed by atoms with Gasteiger partial charge in [-0.25, -0.2) is 0 Å². The Labute approximate surface area is 156 Å². The molecule has 1 atom stereocenters. The molecule has 4 rings (SSSR count). The summed E-state index contributed by atoms with van der Waals surface area (Å²) in [5.74, 6) is 0.416. The Kier molecular flexibility index (Phi) is 4.27. The fourth-order valence-corrected chi connectivity index (χ4v) is 3.32. The zero-order chi connectivity index (χ0) is 19.0. The average Bonchev–Trinajstić information content (AvgIpc) is 3.34. The molecule has 0 radical (unpaired) electrons. The highest BCUT2D eigenvalue weighted by molar-refractivity contribution is 6.00. The van der Waals surface area contributed by atoms with Gasteiger partial charge in [-0.3, -0.25) is 9.59 Å². The van der Waals surface area contributed by atoms with Crippen LogP contribution in [0, 0.1) is 0 Å². The van der Waals surface area contributed by atoms with Crippen molar-refractivity contribution in [3.8, 4) is 11.4 Å². The Balaban J connectivity index is 1.57. The zero-order valence-corrected chi connectivity index (χ0v) is 15.2. The van der Waals surface area contributed by atoms with E-state index in [2.05, 4.69) is 15.4 Å². The lowest BCUT2D eigenvalue weighted by Gasteiger charge is -2.15. The van der Waals surface area contributed by atoms with Gasteiger partial charge in [-0.15, -0.1) is 10.2 Å². The molecule has 0 bridgehead atoms. The van der Waals surface area contributed by atoms with E-state index in [1.807, 2.05) is 42.5 Å². The third-order valence-corrected chi connectivity index (χ3v) is 4.83. The Morgan fingerprint density at radius 3 is 2.63 bits per heavy atom. The molecule has 0 saturated heterocycles. The minimum Gasteiger partial charge on any atom is -0.312 e. The zero-order valence-electron chi connectivity index (χ0n) is 15.2. The number of hydrogen-bond acceptors (Lipinski definition) is 5. The van der Waals surface area contributed by atoms with Crippen molar-refractivity contribution in [3.05, 3.63) is 59.7 Å². The molecule has 0 N–H and O–H groups in total. The predicted molar refractivity (Wildman–Crippen MR) is 100 cm³/mol. The summed E-state index contributed by atoms with van der Waals surface area (Å²) in [7, 11) is 0. The average molecular weight is 361 g/mol. The molecule has 0 saturated carbocycles. The highest BCUT2D eigenvalue weighted by Crippen LogP contribution is 2.30. The highest BCUT2D eigenvalue weighted by atomic mass is 16.2. The molecule has 0 spiro atoms. The maximum absolute atomic E-state index is 12.9. The van der Waals surface area contributed by atoms with Crippen LogP contribution >= 0.6 is 0 Å². The number of Topliss-reactive ketones (excluding diaryl/α,β-unsaturated/α-hetero) is 1. The number of aromatic nitrogens is 4. The van der Waals surface area contributed by atoms with Gasteiger partial charge in [0.2, 0.25) is 11.7 Å². The normalized spacial score (nSPS) is 14.1. The van der Waals surface area contributed by atoms with Crippen molar-refractivity contribution in [2.24, 2.45) is 0 Å². The summed E-state index contributed by atoms with van der Waals surface area (Å²) >= 11 is 0. The van der Waals surface area contributed by atoms with Gasteiger partial charge in [0, 0.05) is 30.3 Å². The van der Waals surface area contributed by atoms with Crippen LogP contribution in [0.15, 0.2) is 48.5 Å². The van der Waals surface area contributed by atoms with Crippen LogP contribution in [0.1, 0.15) is 35.8 Å². The second kappa shape index (κ2) is 6.75. The van der Waals surface area contributed by atoms with Crippen LogP contribution in [0.4, 0.5) is 5.69 Å². The van der Waals surface area contributed by atoms with Crippen LogP contribution in [0.25, 0.3) is 11.4 Å². The second-order valence-electron chi connectivity index (χ2n) is 6.60. The van der Waals surface area contributed by atoms with E-state index in [0.29, 0.717) is 17.9 Å². The molecular formula is C20H19N5O2. The van der Waals surface area contributed by atoms with E-state index in [0.717, 1.165) is 23.2 Å². The van der Waals surface area contributed by atoms with Crippen molar-refractivity contribution in [2.45, 2.75) is 26.3 Å². The number of amides is 1. The number of tetrazole rings is 1. The summed E-state index contributed by atoms with van der Waals surface area (Å²) in [5.41, 5.74) is 3.34. The topological polar surface area (TPSA) is 81.0 Å². The van der Waals surface area contributed by atoms with Crippen LogP contribution in [-0.2, 0) is 11.2 Å². The molecule has 7 nitrogen and oxygen atoms in total. The van der Waals surface area contributed by atoms with Gasteiger partial charge in [0.1, 0.15) is 6.04 Å². The third kappa shape index (κ3) is 3.12. The summed E-state index contributed by atoms with van der Waals surface area (Å²) in [6.07, 6.45) is 0.754. The van der Waals surface area contributed by atoms with Crippen molar-refractivity contribution in [1.29, 1.82) is 0 Å². The van der Waals surface area contributed by atoms with E-state index in [-0.39, 0.29) is 11.7 Å². The number of ketones is 1. The van der Waals surface area contributed by atoms with Crippen molar-refractivity contribution in [3.63, 3.8) is 0 Å². The molecule has 1 unspecified atom stereocenters. The maximum Gasteiger partial charge on any atom is 0.223 e. The fraction of sp³-hybridized carbons (Fsp3) is 0.250. The largest absolute Gasteiger partial charge is 0.312 e. The molecule has 0 fully saturated rings. The minimum absolute atomic E-state index is 0.0152. The first-order valence-electron chi connectivity index (χ1n) is 8.85. The number of hydrogen-bond donors (Lipinski definition) is 0. The SMILES string of the molecule is CC(=O)N1CCc2cc(C(=O)C(C)n3nnc(-c4ccccc4)n3)ccc21. The molecule has 1 aliphatic rings. The lowest BCUT2D eigenvalue weighted by molar-refractivity contribution is -0.116. The predicted octanol–water partition coefficient (Wildman–Crippen LogP) is 2.69. The number of anilines is 1. The van der Waals surface area contributed by atoms with E-state index in [1.54, 1.807) is 24.8 Å². The number of nitrogens with zero attached hydrogens (tertiary/aromatic N) is 5. The highest BCUT2D eigenvalue weighted by Gasteiger charge is 2.25. The molecular weight excluding hydrogens is 342 g/mol. The van der Waals surface area contributed by atoms with Crippen LogP contribution in [0.3, 0.4) is 0 Å². The van der Waals surface area contributed by atoms with E-state index >= 15 is 0 Å². The maximum atomic E-state index is 12.9. The van der Waals surface area contributed by atoms with Gasteiger partial charge in [0.05, 0.1) is 0 Å². The lowest BCUT2D eigenvalue weighted by Crippen LogP contribution is -2.25. The fourth-order valence-electron chi connectivity index (χ4n) is 3.32. The van der Waals surface area contributed by atoms with Crippen molar-refractivity contribution in [2.75, 3.05) is 11.4 Å². The summed E-state index contributed by atoms with van der Waals surface area (Å²) in [4.78, 5) is 27.7. The van der Waals surface area contributed by atoms with Gasteiger partial charge in [0.25, 0.3) is 0 Å². The summed E-state index contributed by atoms with van der Waals surface area (Å²) in [5, 5.41) is 12.5. The standard InChI is InChI=1S/C20H19N5O2/c1-13(25-22-20(21-23-25)15-6-4-3-5-7-15)19(27)17-8-9-18-16(12-17)10-11-24(18)14(2)26/h3-9,12-13H,10-11H2,1-2H3. The molecule has 2 heterocycles. The Morgan fingerprint density at radius 2 is 1.89 bits per heavy atom. The van der Waals surface area contributed by atoms with Gasteiger partial charge < -0.3 is 4.90 Å². The van der Waals surface area contributed by atoms with Gasteiger partial charge in [-0.05, 0) is 42.3 Å². The van der Waals surface area contributed by atoms with E-state index in [9.17, 15) is 9.59 Å². The molecule has 3 aromatic rings. The van der Waals surface area contributed by atoms with Crippen molar-refractivity contribution in [1.82, 2.24) is 20.2 Å². The van der Waals surface area contributed by atoms with E-state index in [4.69, 9.17) is 0 Å². The molecule has 0 aliphatic carbocycles. The van der Waals surface area contributed by atoms with Crippen LogP contribution in [0.2, 0.25) is 0 Å². The van der Waals surface area contributed by atoms with Crippen LogP contribution < -0.4 is 4.90 Å². The first-order valence-corrected chi connectivity index (χ1v) is 8.85. The summed E-state index contributed by atoms with van der Waals surface area (Å²) in [6.45, 7) is 3.97. The Morgan fingerprint density at radius 1 is 1.11 bits per heavy atom. The molecule has 136 valence electrons. The molecule has 1 aliphatic heterocycles. The van der Waals surface area contributed by atoms with E-state index in [1.165, 1.54) is 4.80 Å². The first-order chi connectivity index (χ1) is 13.0. The smallest absolute Gasteiger partial charge is 0.223 e. The molecule has 1 aromatic heterocycles. The number of carbonyl (C=O) groups excluding carboxylic acids is 2. The van der Waals surface area contributed by atoms with Gasteiger partial charge in [-0.1, -0.05) is 30.3 Å². The number of carbonyl (C=O) groups is 2. The molecule has 1 amide bonds. The minimum atomic E-state index is -0.571. The molecule has 2 aromatic carbocycles. The first kappa shape index (κ1) is 17.1. The number of benzene rings is 2. The van der Waals surface area contributed by atoms with Gasteiger partial charge in [0.15, 0.2) is 5.78 Å².